The first-order chi connectivity index (χ1) is 6.47. The van der Waals surface area contributed by atoms with Gasteiger partial charge in [0.25, 0.3) is 0 Å². The quantitative estimate of drug-likeness (QED) is 0.737. The van der Waals surface area contributed by atoms with Crippen LogP contribution in [0, 0.1) is 5.92 Å². The van der Waals surface area contributed by atoms with Crippen molar-refractivity contribution in [1.29, 1.82) is 0 Å². The Hall–Kier alpha value is -1.06. The Labute approximate surface area is 85.0 Å². The van der Waals surface area contributed by atoms with Crippen LogP contribution in [0.3, 0.4) is 0 Å². The van der Waals surface area contributed by atoms with E-state index in [0.29, 0.717) is 6.54 Å². The van der Waals surface area contributed by atoms with Crippen LogP contribution in [0.5, 0.6) is 0 Å². The molecule has 0 bridgehead atoms. The van der Waals surface area contributed by atoms with Crippen molar-refractivity contribution in [2.75, 3.05) is 6.54 Å². The van der Waals surface area contributed by atoms with Crippen molar-refractivity contribution in [3.63, 3.8) is 0 Å². The Bertz CT molecular complexity index is 202. The molecule has 0 saturated heterocycles. The fourth-order valence-electron chi connectivity index (χ4n) is 0.929. The molecule has 0 fully saturated rings. The first-order valence-electron chi connectivity index (χ1n) is 4.94. The van der Waals surface area contributed by atoms with Gasteiger partial charge in [0, 0.05) is 18.9 Å². The fraction of sp³-hybridized carbons (Fsp3) is 0.800. The second kappa shape index (κ2) is 6.40. The van der Waals surface area contributed by atoms with E-state index in [2.05, 4.69) is 5.32 Å². The van der Waals surface area contributed by atoms with Gasteiger partial charge in [0.15, 0.2) is 0 Å². The van der Waals surface area contributed by atoms with Crippen LogP contribution >= 0.6 is 0 Å². The van der Waals surface area contributed by atoms with E-state index in [1.54, 1.807) is 6.92 Å². The first-order valence-corrected chi connectivity index (χ1v) is 4.94. The number of Topliss-reactive ketones (excluding diaryl/α,β-unsaturated/α-hetero) is 1. The van der Waals surface area contributed by atoms with Gasteiger partial charge in [-0.05, 0) is 13.8 Å². The molecule has 0 unspecified atom stereocenters. The molecule has 0 aromatic rings. The number of ether oxygens (including phenoxy) is 1. The molecule has 1 atom stereocenters. The number of carbonyl (C=O) groups excluding carboxylic acids is 2. The Morgan fingerprint density at radius 1 is 1.29 bits per heavy atom. The smallest absolute Gasteiger partial charge is 0.407 e. The summed E-state index contributed by atoms with van der Waals surface area (Å²) in [5.41, 5.74) is 0. The van der Waals surface area contributed by atoms with Gasteiger partial charge >= 0.3 is 6.09 Å². The lowest BCUT2D eigenvalue weighted by Gasteiger charge is -2.13. The van der Waals surface area contributed by atoms with Gasteiger partial charge < -0.3 is 10.1 Å². The van der Waals surface area contributed by atoms with Gasteiger partial charge in [-0.25, -0.2) is 4.79 Å². The molecular weight excluding hydrogens is 182 g/mol. The molecule has 0 saturated carbocycles. The molecule has 82 valence electrons. The topological polar surface area (TPSA) is 55.4 Å². The molecule has 4 nitrogen and oxygen atoms in total. The monoisotopic (exact) mass is 201 g/mol. The van der Waals surface area contributed by atoms with Crippen molar-refractivity contribution in [1.82, 2.24) is 5.32 Å². The third kappa shape index (κ3) is 5.56. The predicted molar refractivity (Wildman–Crippen MR) is 54.1 cm³/mol. The molecule has 0 aliphatic heterocycles. The van der Waals surface area contributed by atoms with Crippen LogP contribution < -0.4 is 5.32 Å². The third-order valence-corrected chi connectivity index (χ3v) is 1.76. The van der Waals surface area contributed by atoms with Gasteiger partial charge in [-0.3, -0.25) is 4.79 Å². The van der Waals surface area contributed by atoms with E-state index < -0.39 is 6.09 Å². The molecule has 0 aliphatic carbocycles. The molecule has 0 radical (unpaired) electrons. The molecule has 0 rings (SSSR count). The fourth-order valence-corrected chi connectivity index (χ4v) is 0.929. The molecule has 1 amide bonds. The average Bonchev–Trinajstić information content (AvgIpc) is 2.03. The Kier molecular flexibility index (Phi) is 5.92. The molecule has 0 aromatic carbocycles. The minimum Gasteiger partial charge on any atom is -0.446 e. The third-order valence-electron chi connectivity index (χ3n) is 1.76. The van der Waals surface area contributed by atoms with Crippen LogP contribution in [0.15, 0.2) is 0 Å². The van der Waals surface area contributed by atoms with E-state index in [1.165, 1.54) is 0 Å². The average molecular weight is 201 g/mol. The summed E-state index contributed by atoms with van der Waals surface area (Å²) in [6, 6.07) is 0. The maximum atomic E-state index is 11.3. The zero-order valence-electron chi connectivity index (χ0n) is 9.29. The molecule has 1 N–H and O–H groups in total. The molecule has 0 heterocycles. The largest absolute Gasteiger partial charge is 0.446 e. The Morgan fingerprint density at radius 2 is 1.86 bits per heavy atom. The number of rotatable bonds is 5. The van der Waals surface area contributed by atoms with Crippen molar-refractivity contribution in [2.24, 2.45) is 5.92 Å². The summed E-state index contributed by atoms with van der Waals surface area (Å²) in [7, 11) is 0. The second-order valence-electron chi connectivity index (χ2n) is 3.57. The maximum Gasteiger partial charge on any atom is 0.407 e. The number of carbonyl (C=O) groups is 2. The molecule has 0 aliphatic rings. The molecular formula is C10H19NO3. The van der Waals surface area contributed by atoms with Gasteiger partial charge in [-0.1, -0.05) is 13.8 Å². The van der Waals surface area contributed by atoms with Crippen LogP contribution in [0.25, 0.3) is 0 Å². The molecule has 14 heavy (non-hydrogen) atoms. The second-order valence-corrected chi connectivity index (χ2v) is 3.57. The van der Waals surface area contributed by atoms with E-state index in [-0.39, 0.29) is 24.2 Å². The number of amides is 1. The van der Waals surface area contributed by atoms with Crippen LogP contribution in [-0.2, 0) is 9.53 Å². The highest BCUT2D eigenvalue weighted by Crippen LogP contribution is 2.05. The Balaban J connectivity index is 3.80. The van der Waals surface area contributed by atoms with Gasteiger partial charge in [0.2, 0.25) is 0 Å². The lowest BCUT2D eigenvalue weighted by molar-refractivity contribution is -0.123. The summed E-state index contributed by atoms with van der Waals surface area (Å²) >= 11 is 0. The van der Waals surface area contributed by atoms with Gasteiger partial charge in [0.05, 0.1) is 0 Å². The standard InChI is InChI=1S/C10H19NO3/c1-5-11-10(13)14-8(4)6-9(12)7(2)3/h7-8H,5-6H2,1-4H3,(H,11,13)/t8-/m1/s1. The van der Waals surface area contributed by atoms with Crippen molar-refractivity contribution < 1.29 is 14.3 Å². The zero-order chi connectivity index (χ0) is 11.1. The van der Waals surface area contributed by atoms with Crippen molar-refractivity contribution in [3.05, 3.63) is 0 Å². The van der Waals surface area contributed by atoms with Gasteiger partial charge in [0.1, 0.15) is 11.9 Å². The van der Waals surface area contributed by atoms with Gasteiger partial charge in [-0.2, -0.15) is 0 Å². The van der Waals surface area contributed by atoms with Crippen molar-refractivity contribution >= 4 is 11.9 Å². The van der Waals surface area contributed by atoms with Crippen molar-refractivity contribution in [3.8, 4) is 0 Å². The number of ketones is 1. The minimum absolute atomic E-state index is 0.00436. The summed E-state index contributed by atoms with van der Waals surface area (Å²) < 4.78 is 4.94. The number of hydrogen-bond donors (Lipinski definition) is 1. The highest BCUT2D eigenvalue weighted by atomic mass is 16.6. The summed E-state index contributed by atoms with van der Waals surface area (Å²) in [4.78, 5) is 22.2. The van der Waals surface area contributed by atoms with Crippen LogP contribution in [-0.4, -0.2) is 24.5 Å². The van der Waals surface area contributed by atoms with Gasteiger partial charge in [-0.15, -0.1) is 0 Å². The number of nitrogens with one attached hydrogen (secondary N) is 1. The summed E-state index contributed by atoms with van der Waals surface area (Å²) in [5, 5.41) is 2.51. The molecule has 4 heteroatoms. The first kappa shape index (κ1) is 12.9. The molecule has 0 spiro atoms. The molecule has 0 aromatic heterocycles. The number of alkyl carbamates (subject to hydrolysis) is 1. The van der Waals surface area contributed by atoms with E-state index in [9.17, 15) is 9.59 Å². The summed E-state index contributed by atoms with van der Waals surface area (Å²) in [6.07, 6.45) is -0.526. The van der Waals surface area contributed by atoms with E-state index in [1.807, 2.05) is 20.8 Å². The number of hydrogen-bond acceptors (Lipinski definition) is 3. The van der Waals surface area contributed by atoms with Crippen LogP contribution in [0.2, 0.25) is 0 Å². The van der Waals surface area contributed by atoms with E-state index >= 15 is 0 Å². The normalized spacial score (nSPS) is 12.4. The minimum atomic E-state index is -0.462. The van der Waals surface area contributed by atoms with Crippen molar-refractivity contribution in [2.45, 2.75) is 40.2 Å². The highest BCUT2D eigenvalue weighted by Gasteiger charge is 2.15. The van der Waals surface area contributed by atoms with Crippen LogP contribution in [0.1, 0.15) is 34.1 Å². The maximum absolute atomic E-state index is 11.3. The lowest BCUT2D eigenvalue weighted by atomic mass is 10.0. The summed E-state index contributed by atoms with van der Waals surface area (Å²) in [6.45, 7) is 7.73. The Morgan fingerprint density at radius 3 is 2.29 bits per heavy atom. The SMILES string of the molecule is CCNC(=O)O[C@H](C)CC(=O)C(C)C. The highest BCUT2D eigenvalue weighted by molar-refractivity contribution is 5.81. The zero-order valence-corrected chi connectivity index (χ0v) is 9.29. The lowest BCUT2D eigenvalue weighted by Crippen LogP contribution is -2.29. The van der Waals surface area contributed by atoms with Crippen LogP contribution in [0.4, 0.5) is 4.79 Å². The summed E-state index contributed by atoms with van der Waals surface area (Å²) in [5.74, 6) is 0.108. The van der Waals surface area contributed by atoms with E-state index in [0.717, 1.165) is 0 Å². The van der Waals surface area contributed by atoms with E-state index in [4.69, 9.17) is 4.74 Å². The predicted octanol–water partition coefficient (Wildman–Crippen LogP) is 1.74.